The van der Waals surface area contributed by atoms with Gasteiger partial charge < -0.3 is 21.0 Å². The number of aromatic nitrogens is 4. The van der Waals surface area contributed by atoms with Crippen LogP contribution >= 0.6 is 58.2 Å². The summed E-state index contributed by atoms with van der Waals surface area (Å²) in [6.07, 6.45) is 1.98. The molecule has 13 nitrogen and oxygen atoms in total. The van der Waals surface area contributed by atoms with Gasteiger partial charge in [0.25, 0.3) is 11.8 Å². The molecule has 2 aromatic heterocycles. The first-order valence-electron chi connectivity index (χ1n) is 9.69. The van der Waals surface area contributed by atoms with Gasteiger partial charge in [-0.2, -0.15) is 21.1 Å². The lowest BCUT2D eigenvalue weighted by atomic mass is 10.0. The molecule has 186 valence electrons. The van der Waals surface area contributed by atoms with Gasteiger partial charge in [0.1, 0.15) is 29.2 Å². The van der Waals surface area contributed by atoms with Crippen molar-refractivity contribution in [1.29, 1.82) is 0 Å². The number of nitrogens with zero attached hydrogens (tertiary/aromatic N) is 6. The maximum Gasteiger partial charge on any atom is 0.352 e. The fourth-order valence-corrected chi connectivity index (χ4v) is 7.74. The number of thioether (sulfide) groups is 3. The first-order chi connectivity index (χ1) is 16.8. The predicted molar refractivity (Wildman–Crippen MR) is 135 cm³/mol. The summed E-state index contributed by atoms with van der Waals surface area (Å²) in [5, 5.41) is 24.8. The zero-order chi connectivity index (χ0) is 25.1. The highest BCUT2D eigenvalue weighted by Gasteiger charge is 2.54. The highest BCUT2D eigenvalue weighted by Crippen LogP contribution is 2.41. The number of fused-ring (bicyclic) bond motifs is 1. The Balaban J connectivity index is 1.46. The van der Waals surface area contributed by atoms with Crippen LogP contribution in [0.25, 0.3) is 0 Å². The van der Waals surface area contributed by atoms with Crippen LogP contribution in [-0.2, 0) is 25.0 Å². The van der Waals surface area contributed by atoms with Gasteiger partial charge in [-0.3, -0.25) is 14.5 Å². The monoisotopic (exact) mass is 574 g/mol. The number of oxime groups is 1. The lowest BCUT2D eigenvalue weighted by molar-refractivity contribution is -0.150. The molecular weight excluding hydrogens is 557 g/mol. The van der Waals surface area contributed by atoms with E-state index < -0.39 is 29.2 Å². The second-order valence-electron chi connectivity index (χ2n) is 6.88. The number of nitrogens with two attached hydrogens (primary N) is 1. The van der Waals surface area contributed by atoms with E-state index in [4.69, 9.17) is 10.6 Å². The quantitative estimate of drug-likeness (QED) is 0.156. The molecule has 1 unspecified atom stereocenters. The van der Waals surface area contributed by atoms with Crippen molar-refractivity contribution in [3.63, 3.8) is 0 Å². The summed E-state index contributed by atoms with van der Waals surface area (Å²) in [5.74, 6) is -0.995. The molecule has 0 radical (unpaired) electrons. The van der Waals surface area contributed by atoms with Crippen LogP contribution in [0.3, 0.4) is 0 Å². The molecule has 4 N–H and O–H groups in total. The van der Waals surface area contributed by atoms with Crippen molar-refractivity contribution in [1.82, 2.24) is 29.8 Å². The number of nitrogen functional groups attached to an aromatic ring is 1. The largest absolute Gasteiger partial charge is 0.477 e. The minimum atomic E-state index is -1.20. The summed E-state index contributed by atoms with van der Waals surface area (Å²) in [5.41, 5.74) is 5.88. The highest BCUT2D eigenvalue weighted by atomic mass is 32.2. The lowest BCUT2D eigenvalue weighted by Crippen LogP contribution is -2.71. The molecule has 0 spiro atoms. The van der Waals surface area contributed by atoms with Gasteiger partial charge in [0, 0.05) is 28.8 Å². The number of amides is 2. The molecule has 4 rings (SSSR count). The number of carboxylic acids is 1. The topological polar surface area (TPSA) is 186 Å². The number of hydrogen-bond donors (Lipinski definition) is 3. The Morgan fingerprint density at radius 1 is 1.37 bits per heavy atom. The van der Waals surface area contributed by atoms with Crippen molar-refractivity contribution in [3.05, 3.63) is 22.1 Å². The minimum Gasteiger partial charge on any atom is -0.477 e. The third-order valence-corrected chi connectivity index (χ3v) is 9.44. The lowest BCUT2D eigenvalue weighted by Gasteiger charge is -2.49. The van der Waals surface area contributed by atoms with Gasteiger partial charge in [0.05, 0.1) is 0 Å². The molecule has 0 aromatic carbocycles. The summed E-state index contributed by atoms with van der Waals surface area (Å²) in [7, 11) is 1.26. The summed E-state index contributed by atoms with van der Waals surface area (Å²) >= 11 is 6.74. The van der Waals surface area contributed by atoms with Crippen LogP contribution in [0.15, 0.2) is 20.8 Å². The van der Waals surface area contributed by atoms with Crippen LogP contribution in [-0.4, -0.2) is 89.3 Å². The minimum absolute atomic E-state index is 0.0328. The molecule has 2 atom stereocenters. The Kier molecular flexibility index (Phi) is 8.15. The molecule has 0 aliphatic carbocycles. The molecule has 1 fully saturated rings. The number of aliphatic carboxylic acids is 1. The molecule has 2 aromatic rings. The standard InChI is InChI=1S/C17H18N8O5S5/c1-30-23-8(11-20-16(18)35-24-11)12(26)19-9-13(27)25-10(15(28)29)6(3-32-14(9)25)4-33-17-22-21-7(34-17)5-31-2/h9,14H,3-5H2,1-2H3,(H,19,26)(H,28,29)(H2,18,20,24)/t9?,14-/m0/s1. The van der Waals surface area contributed by atoms with Crippen LogP contribution in [0.1, 0.15) is 10.8 Å². The van der Waals surface area contributed by atoms with E-state index in [1.54, 1.807) is 11.8 Å². The summed E-state index contributed by atoms with van der Waals surface area (Å²) in [4.78, 5) is 47.6. The van der Waals surface area contributed by atoms with Gasteiger partial charge >= 0.3 is 5.97 Å². The van der Waals surface area contributed by atoms with Crippen molar-refractivity contribution in [2.24, 2.45) is 5.16 Å². The zero-order valence-corrected chi connectivity index (χ0v) is 22.2. The molecule has 2 aliphatic rings. The van der Waals surface area contributed by atoms with E-state index >= 15 is 0 Å². The molecule has 0 bridgehead atoms. The smallest absolute Gasteiger partial charge is 0.352 e. The van der Waals surface area contributed by atoms with E-state index in [0.29, 0.717) is 17.1 Å². The fraction of sp³-hybridized carbons (Fsp3) is 0.412. The van der Waals surface area contributed by atoms with Crippen molar-refractivity contribution in [3.8, 4) is 0 Å². The number of nitrogens with one attached hydrogen (secondary N) is 1. The molecule has 2 aliphatic heterocycles. The average Bonchev–Trinajstić information content (AvgIpc) is 3.47. The zero-order valence-electron chi connectivity index (χ0n) is 18.2. The van der Waals surface area contributed by atoms with Crippen LogP contribution in [0.4, 0.5) is 5.13 Å². The van der Waals surface area contributed by atoms with E-state index in [2.05, 4.69) is 30.0 Å². The van der Waals surface area contributed by atoms with Crippen LogP contribution in [0, 0.1) is 0 Å². The van der Waals surface area contributed by atoms with Crippen molar-refractivity contribution in [2.75, 3.05) is 30.6 Å². The Labute approximate surface area is 219 Å². The van der Waals surface area contributed by atoms with E-state index in [0.717, 1.165) is 26.6 Å². The number of carbonyl (C=O) groups is 3. The van der Waals surface area contributed by atoms with Crippen LogP contribution in [0.5, 0.6) is 0 Å². The summed E-state index contributed by atoms with van der Waals surface area (Å²) < 4.78 is 4.68. The van der Waals surface area contributed by atoms with Gasteiger partial charge in [-0.05, 0) is 11.8 Å². The number of anilines is 1. The van der Waals surface area contributed by atoms with E-state index in [-0.39, 0.29) is 22.4 Å². The Morgan fingerprint density at radius 2 is 2.17 bits per heavy atom. The van der Waals surface area contributed by atoms with Gasteiger partial charge in [0.2, 0.25) is 11.5 Å². The molecule has 1 saturated heterocycles. The van der Waals surface area contributed by atoms with Crippen molar-refractivity contribution >= 4 is 86.8 Å². The number of carboxylic acid groups (broad SMARTS) is 1. The van der Waals surface area contributed by atoms with Crippen LogP contribution in [0.2, 0.25) is 0 Å². The molecule has 2 amide bonds. The third-order valence-electron chi connectivity index (χ3n) is 4.67. The Bertz CT molecular complexity index is 1210. The summed E-state index contributed by atoms with van der Waals surface area (Å²) in [6, 6.07) is -0.939. The van der Waals surface area contributed by atoms with Crippen LogP contribution < -0.4 is 11.1 Å². The fourth-order valence-electron chi connectivity index (χ4n) is 3.24. The van der Waals surface area contributed by atoms with Crippen molar-refractivity contribution < 1.29 is 24.3 Å². The third kappa shape index (κ3) is 5.40. The Morgan fingerprint density at radius 3 is 2.83 bits per heavy atom. The maximum absolute atomic E-state index is 12.9. The summed E-state index contributed by atoms with van der Waals surface area (Å²) in [6.45, 7) is 0. The first kappa shape index (κ1) is 25.7. The normalized spacial score (nSPS) is 19.9. The molecule has 18 heteroatoms. The number of carbonyl (C=O) groups excluding carboxylic acids is 2. The van der Waals surface area contributed by atoms with Crippen molar-refractivity contribution in [2.45, 2.75) is 21.5 Å². The molecule has 0 saturated carbocycles. The highest BCUT2D eigenvalue weighted by molar-refractivity contribution is 8.02. The van der Waals surface area contributed by atoms with E-state index in [1.807, 2.05) is 6.26 Å². The Hall–Kier alpha value is -2.41. The average molecular weight is 575 g/mol. The second-order valence-corrected chi connectivity index (χ2v) is 11.9. The number of rotatable bonds is 10. The van der Waals surface area contributed by atoms with Gasteiger partial charge in [-0.15, -0.1) is 22.0 Å². The maximum atomic E-state index is 12.9. The van der Waals surface area contributed by atoms with Gasteiger partial charge in [-0.1, -0.05) is 28.3 Å². The molecule has 35 heavy (non-hydrogen) atoms. The molecular formula is C17H18N8O5S5. The van der Waals surface area contributed by atoms with E-state index in [1.165, 1.54) is 46.9 Å². The number of hydrogen-bond acceptors (Lipinski definition) is 15. The molecule has 4 heterocycles. The number of β-lactam (4-membered cyclic amide) rings is 1. The van der Waals surface area contributed by atoms with Gasteiger partial charge in [0.15, 0.2) is 9.47 Å². The second kappa shape index (κ2) is 11.1. The van der Waals surface area contributed by atoms with Gasteiger partial charge in [-0.25, -0.2) is 4.79 Å². The first-order valence-corrected chi connectivity index (χ1v) is 14.7. The SMILES string of the molecule is CON=C(C(=O)NC1C(=O)N2C(C(=O)O)=C(CSc3nnc(CSC)s3)CS[C@@H]12)c1nsc(N)n1. The van der Waals surface area contributed by atoms with E-state index in [9.17, 15) is 19.5 Å². The predicted octanol–water partition coefficient (Wildman–Crippen LogP) is 0.716.